The molecule has 1 aromatic heterocycles. The molecule has 1 aromatic carbocycles. The maximum absolute atomic E-state index is 13.5. The van der Waals surface area contributed by atoms with Crippen LogP contribution in [0.4, 0.5) is 23.2 Å². The van der Waals surface area contributed by atoms with Crippen LogP contribution in [0.2, 0.25) is 0 Å². The Morgan fingerprint density at radius 2 is 1.77 bits per heavy atom. The fraction of sp³-hybridized carbons (Fsp3) is 0.267. The zero-order chi connectivity index (χ0) is 16.3. The number of pyridine rings is 1. The fourth-order valence-corrected chi connectivity index (χ4v) is 1.83. The summed E-state index contributed by atoms with van der Waals surface area (Å²) in [6.07, 6.45) is 0. The molecule has 22 heavy (non-hydrogen) atoms. The summed E-state index contributed by atoms with van der Waals surface area (Å²) in [5, 5.41) is 2.35. The average molecular weight is 314 g/mol. The van der Waals surface area contributed by atoms with Gasteiger partial charge >= 0.3 is 0 Å². The molecule has 0 saturated heterocycles. The summed E-state index contributed by atoms with van der Waals surface area (Å²) in [5.74, 6) is -5.95. The van der Waals surface area contributed by atoms with Gasteiger partial charge in [-0.15, -0.1) is 0 Å². The van der Waals surface area contributed by atoms with Crippen molar-refractivity contribution in [3.8, 4) is 5.75 Å². The minimum atomic E-state index is -1.70. The lowest BCUT2D eigenvalue weighted by Crippen LogP contribution is -2.25. The van der Waals surface area contributed by atoms with E-state index in [2.05, 4.69) is 10.3 Å². The second-order valence-electron chi connectivity index (χ2n) is 4.87. The maximum Gasteiger partial charge on any atom is 0.253 e. The Hall–Kier alpha value is -2.31. The number of halogens is 4. The normalized spacial score (nSPS) is 12.1. The minimum Gasteiger partial charge on any atom is -0.491 e. The third-order valence-corrected chi connectivity index (χ3v) is 2.88. The second-order valence-corrected chi connectivity index (χ2v) is 4.87. The summed E-state index contributed by atoms with van der Waals surface area (Å²) in [7, 11) is 0. The SMILES string of the molecule is Cc1cccc(OCC(C)Nc2c(F)c(F)nc(F)c2F)c1. The number of hydrogen-bond donors (Lipinski definition) is 1. The van der Waals surface area contributed by atoms with E-state index in [-0.39, 0.29) is 6.61 Å². The molecule has 0 aliphatic carbocycles. The zero-order valence-corrected chi connectivity index (χ0v) is 12.0. The molecule has 0 bridgehead atoms. The van der Waals surface area contributed by atoms with Gasteiger partial charge in [0.25, 0.3) is 11.9 Å². The molecule has 118 valence electrons. The van der Waals surface area contributed by atoms with E-state index in [1.807, 2.05) is 13.0 Å². The summed E-state index contributed by atoms with van der Waals surface area (Å²) < 4.78 is 58.4. The van der Waals surface area contributed by atoms with E-state index in [4.69, 9.17) is 4.74 Å². The molecule has 1 unspecified atom stereocenters. The van der Waals surface area contributed by atoms with Gasteiger partial charge in [0.2, 0.25) is 11.6 Å². The Morgan fingerprint density at radius 3 is 2.36 bits per heavy atom. The topological polar surface area (TPSA) is 34.1 Å². The van der Waals surface area contributed by atoms with Crippen molar-refractivity contribution in [1.82, 2.24) is 4.98 Å². The number of anilines is 1. The van der Waals surface area contributed by atoms with Crippen LogP contribution >= 0.6 is 0 Å². The molecule has 0 fully saturated rings. The predicted molar refractivity (Wildman–Crippen MR) is 73.8 cm³/mol. The van der Waals surface area contributed by atoms with E-state index in [0.29, 0.717) is 5.75 Å². The van der Waals surface area contributed by atoms with Gasteiger partial charge in [0.05, 0.1) is 6.04 Å². The monoisotopic (exact) mass is 314 g/mol. The predicted octanol–water partition coefficient (Wildman–Crippen LogP) is 3.83. The Balaban J connectivity index is 2.05. The van der Waals surface area contributed by atoms with Crippen LogP contribution in [-0.2, 0) is 0 Å². The van der Waals surface area contributed by atoms with Crippen LogP contribution in [0.1, 0.15) is 12.5 Å². The van der Waals surface area contributed by atoms with E-state index in [0.717, 1.165) is 5.56 Å². The third kappa shape index (κ3) is 3.66. The Kier molecular flexibility index (Phi) is 4.85. The quantitative estimate of drug-likeness (QED) is 0.673. The van der Waals surface area contributed by atoms with E-state index in [9.17, 15) is 17.6 Å². The maximum atomic E-state index is 13.5. The molecule has 1 N–H and O–H groups in total. The smallest absolute Gasteiger partial charge is 0.253 e. The lowest BCUT2D eigenvalue weighted by atomic mass is 10.2. The summed E-state index contributed by atoms with van der Waals surface area (Å²) >= 11 is 0. The lowest BCUT2D eigenvalue weighted by Gasteiger charge is -2.17. The van der Waals surface area contributed by atoms with Gasteiger partial charge < -0.3 is 10.1 Å². The van der Waals surface area contributed by atoms with Crippen LogP contribution in [0.15, 0.2) is 24.3 Å². The van der Waals surface area contributed by atoms with Gasteiger partial charge in [0.1, 0.15) is 18.0 Å². The number of ether oxygens (including phenoxy) is 1. The van der Waals surface area contributed by atoms with Crippen LogP contribution in [0.3, 0.4) is 0 Å². The van der Waals surface area contributed by atoms with Crippen LogP contribution in [0.5, 0.6) is 5.75 Å². The molecule has 2 aromatic rings. The van der Waals surface area contributed by atoms with Gasteiger partial charge in [-0.05, 0) is 31.5 Å². The number of aryl methyl sites for hydroxylation is 1. The van der Waals surface area contributed by atoms with Crippen LogP contribution in [-0.4, -0.2) is 17.6 Å². The molecule has 3 nitrogen and oxygen atoms in total. The highest BCUT2D eigenvalue weighted by Crippen LogP contribution is 2.23. The molecule has 0 aliphatic rings. The van der Waals surface area contributed by atoms with Gasteiger partial charge in [0, 0.05) is 0 Å². The van der Waals surface area contributed by atoms with Crippen molar-refractivity contribution in [2.75, 3.05) is 11.9 Å². The third-order valence-electron chi connectivity index (χ3n) is 2.88. The van der Waals surface area contributed by atoms with E-state index in [1.54, 1.807) is 25.1 Å². The van der Waals surface area contributed by atoms with Crippen LogP contribution in [0, 0.1) is 30.5 Å². The number of benzene rings is 1. The second kappa shape index (κ2) is 6.64. The molecular formula is C15H14F4N2O. The van der Waals surface area contributed by atoms with Crippen molar-refractivity contribution >= 4 is 5.69 Å². The molecule has 1 heterocycles. The Labute approximate surface area is 124 Å². The largest absolute Gasteiger partial charge is 0.491 e. The first kappa shape index (κ1) is 16.1. The van der Waals surface area contributed by atoms with Crippen LogP contribution in [0.25, 0.3) is 0 Å². The highest BCUT2D eigenvalue weighted by atomic mass is 19.2. The van der Waals surface area contributed by atoms with E-state index >= 15 is 0 Å². The molecular weight excluding hydrogens is 300 g/mol. The minimum absolute atomic E-state index is 0.0495. The molecule has 0 saturated carbocycles. The Bertz CT molecular complexity index is 653. The molecule has 7 heteroatoms. The number of rotatable bonds is 5. The van der Waals surface area contributed by atoms with Crippen molar-refractivity contribution < 1.29 is 22.3 Å². The van der Waals surface area contributed by atoms with Crippen molar-refractivity contribution in [1.29, 1.82) is 0 Å². The summed E-state index contributed by atoms with van der Waals surface area (Å²) in [6.45, 7) is 3.50. The van der Waals surface area contributed by atoms with Gasteiger partial charge in [0.15, 0.2) is 0 Å². The van der Waals surface area contributed by atoms with Gasteiger partial charge in [-0.3, -0.25) is 0 Å². The number of hydrogen-bond acceptors (Lipinski definition) is 3. The Morgan fingerprint density at radius 1 is 1.14 bits per heavy atom. The van der Waals surface area contributed by atoms with E-state index < -0.39 is 35.3 Å². The first-order chi connectivity index (χ1) is 10.4. The molecule has 0 amide bonds. The van der Waals surface area contributed by atoms with Gasteiger partial charge in [-0.1, -0.05) is 12.1 Å². The zero-order valence-electron chi connectivity index (χ0n) is 12.0. The first-order valence-electron chi connectivity index (χ1n) is 6.54. The first-order valence-corrected chi connectivity index (χ1v) is 6.54. The molecule has 1 atom stereocenters. The summed E-state index contributed by atoms with van der Waals surface area (Å²) in [6, 6.07) is 6.62. The molecule has 2 rings (SSSR count). The van der Waals surface area contributed by atoms with Crippen molar-refractivity contribution in [3.63, 3.8) is 0 Å². The van der Waals surface area contributed by atoms with Crippen molar-refractivity contribution in [2.45, 2.75) is 19.9 Å². The standard InChI is InChI=1S/C15H14F4N2O/c1-8-4-3-5-10(6-8)22-7-9(2)20-13-11(16)14(18)21-15(19)12(13)17/h3-6,9H,7H2,1-2H3,(H,20,21). The van der Waals surface area contributed by atoms with Crippen molar-refractivity contribution in [2.24, 2.45) is 0 Å². The lowest BCUT2D eigenvalue weighted by molar-refractivity contribution is 0.302. The number of nitrogens with one attached hydrogen (secondary N) is 1. The molecule has 0 spiro atoms. The molecule has 0 aliphatic heterocycles. The van der Waals surface area contributed by atoms with Crippen molar-refractivity contribution in [3.05, 3.63) is 53.4 Å². The number of nitrogens with zero attached hydrogens (tertiary/aromatic N) is 1. The molecule has 0 radical (unpaired) electrons. The summed E-state index contributed by atoms with van der Waals surface area (Å²) in [5.41, 5.74) is 0.0961. The van der Waals surface area contributed by atoms with Crippen LogP contribution < -0.4 is 10.1 Å². The summed E-state index contributed by atoms with van der Waals surface area (Å²) in [4.78, 5) is 2.49. The highest BCUT2D eigenvalue weighted by molar-refractivity contribution is 5.46. The number of aromatic nitrogens is 1. The highest BCUT2D eigenvalue weighted by Gasteiger charge is 2.22. The fourth-order valence-electron chi connectivity index (χ4n) is 1.83. The van der Waals surface area contributed by atoms with Gasteiger partial charge in [-0.25, -0.2) is 0 Å². The van der Waals surface area contributed by atoms with Gasteiger partial charge in [-0.2, -0.15) is 22.5 Å². The average Bonchev–Trinajstić information content (AvgIpc) is 2.48. The van der Waals surface area contributed by atoms with E-state index in [1.165, 1.54) is 0 Å².